The molecule has 0 fully saturated rings. The summed E-state index contributed by atoms with van der Waals surface area (Å²) in [6, 6.07) is 9.26. The lowest BCUT2D eigenvalue weighted by Gasteiger charge is -2.09. The molecule has 0 aliphatic carbocycles. The van der Waals surface area contributed by atoms with Crippen molar-refractivity contribution in [1.29, 1.82) is 0 Å². The van der Waals surface area contributed by atoms with Gasteiger partial charge in [0, 0.05) is 5.02 Å². The van der Waals surface area contributed by atoms with Gasteiger partial charge < -0.3 is 0 Å². The van der Waals surface area contributed by atoms with Gasteiger partial charge >= 0.3 is 0 Å². The first-order valence-electron chi connectivity index (χ1n) is 4.90. The van der Waals surface area contributed by atoms with E-state index in [2.05, 4.69) is 0 Å². The van der Waals surface area contributed by atoms with Gasteiger partial charge in [-0.25, -0.2) is 0 Å². The second kappa shape index (κ2) is 5.07. The van der Waals surface area contributed by atoms with Gasteiger partial charge in [-0.3, -0.25) is 0 Å². The van der Waals surface area contributed by atoms with E-state index in [1.807, 2.05) is 25.1 Å². The van der Waals surface area contributed by atoms with Crippen LogP contribution in [-0.2, 0) is 0 Å². The molecule has 0 heterocycles. The van der Waals surface area contributed by atoms with Crippen molar-refractivity contribution in [3.63, 3.8) is 0 Å². The van der Waals surface area contributed by atoms with Crippen molar-refractivity contribution in [2.45, 2.75) is 6.92 Å². The minimum atomic E-state index is 0.378. The molecule has 2 rings (SSSR count). The number of hydrogen-bond acceptors (Lipinski definition) is 0. The molecule has 0 saturated heterocycles. The second-order valence-electron chi connectivity index (χ2n) is 3.71. The SMILES string of the molecule is Cc1cc(Cl)ccc1-c1cc(Cl)c(Cl)c(Cl)c1. The van der Waals surface area contributed by atoms with Gasteiger partial charge in [0.15, 0.2) is 0 Å². The minimum absolute atomic E-state index is 0.378. The Hall–Kier alpha value is -0.400. The van der Waals surface area contributed by atoms with Gasteiger partial charge in [-0.15, -0.1) is 0 Å². The first-order chi connectivity index (χ1) is 7.99. The normalized spacial score (nSPS) is 10.6. The van der Waals surface area contributed by atoms with Crippen molar-refractivity contribution < 1.29 is 0 Å². The first kappa shape index (κ1) is 13.0. The Morgan fingerprint density at radius 3 is 1.94 bits per heavy atom. The van der Waals surface area contributed by atoms with Gasteiger partial charge in [0.05, 0.1) is 15.1 Å². The van der Waals surface area contributed by atoms with Gasteiger partial charge in [-0.2, -0.15) is 0 Å². The van der Waals surface area contributed by atoms with E-state index >= 15 is 0 Å². The van der Waals surface area contributed by atoms with E-state index in [0.29, 0.717) is 20.1 Å². The average molecular weight is 306 g/mol. The van der Waals surface area contributed by atoms with Crippen molar-refractivity contribution in [2.75, 3.05) is 0 Å². The quantitative estimate of drug-likeness (QED) is 0.544. The Morgan fingerprint density at radius 2 is 1.41 bits per heavy atom. The van der Waals surface area contributed by atoms with E-state index in [-0.39, 0.29) is 0 Å². The fraction of sp³-hybridized carbons (Fsp3) is 0.0769. The Labute approximate surface area is 120 Å². The number of hydrogen-bond donors (Lipinski definition) is 0. The number of benzene rings is 2. The highest BCUT2D eigenvalue weighted by atomic mass is 35.5. The lowest BCUT2D eigenvalue weighted by Crippen LogP contribution is -1.84. The molecule has 17 heavy (non-hydrogen) atoms. The molecule has 0 aliphatic heterocycles. The highest BCUT2D eigenvalue weighted by Crippen LogP contribution is 2.36. The summed E-state index contributed by atoms with van der Waals surface area (Å²) in [6.07, 6.45) is 0. The molecule has 0 radical (unpaired) electrons. The van der Waals surface area contributed by atoms with Crippen LogP contribution in [0.25, 0.3) is 11.1 Å². The number of rotatable bonds is 1. The molecule has 2 aromatic rings. The van der Waals surface area contributed by atoms with Gasteiger partial charge in [0.2, 0.25) is 0 Å². The van der Waals surface area contributed by atoms with E-state index in [4.69, 9.17) is 46.4 Å². The summed E-state index contributed by atoms with van der Waals surface area (Å²) in [5.41, 5.74) is 3.03. The largest absolute Gasteiger partial charge is 0.0843 e. The van der Waals surface area contributed by atoms with Crippen LogP contribution in [-0.4, -0.2) is 0 Å². The molecule has 0 bridgehead atoms. The fourth-order valence-corrected chi connectivity index (χ4v) is 2.48. The summed E-state index contributed by atoms with van der Waals surface area (Å²) < 4.78 is 0. The van der Waals surface area contributed by atoms with E-state index in [0.717, 1.165) is 16.7 Å². The minimum Gasteiger partial charge on any atom is -0.0843 e. The summed E-state index contributed by atoms with van der Waals surface area (Å²) >= 11 is 23.9. The third kappa shape index (κ3) is 2.71. The van der Waals surface area contributed by atoms with Gasteiger partial charge in [0.1, 0.15) is 0 Å². The lowest BCUT2D eigenvalue weighted by molar-refractivity contribution is 1.46. The molecule has 0 saturated carbocycles. The fourth-order valence-electron chi connectivity index (χ4n) is 1.66. The standard InChI is InChI=1S/C13H8Cl4/c1-7-4-9(14)2-3-10(7)8-5-11(15)13(17)12(16)6-8/h2-6H,1H3. The maximum Gasteiger partial charge on any atom is 0.0778 e. The van der Waals surface area contributed by atoms with Crippen LogP contribution in [0.2, 0.25) is 20.1 Å². The van der Waals surface area contributed by atoms with Crippen molar-refractivity contribution in [3.05, 3.63) is 56.0 Å². The number of aryl methyl sites for hydroxylation is 1. The average Bonchev–Trinajstić information content (AvgIpc) is 2.25. The molecule has 2 aromatic carbocycles. The predicted octanol–water partition coefficient (Wildman–Crippen LogP) is 6.28. The topological polar surface area (TPSA) is 0 Å². The molecule has 0 aliphatic rings. The maximum atomic E-state index is 6.01. The predicted molar refractivity (Wildman–Crippen MR) is 76.7 cm³/mol. The van der Waals surface area contributed by atoms with Crippen molar-refractivity contribution in [2.24, 2.45) is 0 Å². The Bertz CT molecular complexity index is 553. The molecule has 0 amide bonds. The highest BCUT2D eigenvalue weighted by molar-refractivity contribution is 6.48. The van der Waals surface area contributed by atoms with Crippen LogP contribution < -0.4 is 0 Å². The molecule has 0 nitrogen and oxygen atoms in total. The van der Waals surface area contributed by atoms with Gasteiger partial charge in [-0.05, 0) is 47.9 Å². The molecule has 0 unspecified atom stereocenters. The zero-order valence-electron chi connectivity index (χ0n) is 8.90. The van der Waals surface area contributed by atoms with Crippen LogP contribution in [0.15, 0.2) is 30.3 Å². The van der Waals surface area contributed by atoms with Crippen LogP contribution in [0.1, 0.15) is 5.56 Å². The van der Waals surface area contributed by atoms with Crippen molar-refractivity contribution >= 4 is 46.4 Å². The molecule has 0 spiro atoms. The monoisotopic (exact) mass is 304 g/mol. The third-order valence-electron chi connectivity index (χ3n) is 2.48. The van der Waals surface area contributed by atoms with Crippen molar-refractivity contribution in [1.82, 2.24) is 0 Å². The second-order valence-corrected chi connectivity index (χ2v) is 5.34. The van der Waals surface area contributed by atoms with Crippen LogP contribution in [0.4, 0.5) is 0 Å². The summed E-state index contributed by atoms with van der Waals surface area (Å²) in [4.78, 5) is 0. The molecule has 88 valence electrons. The summed E-state index contributed by atoms with van der Waals surface area (Å²) in [6.45, 7) is 1.98. The van der Waals surface area contributed by atoms with E-state index in [1.54, 1.807) is 12.1 Å². The molecule has 4 heteroatoms. The molecular weight excluding hydrogens is 298 g/mol. The number of halogens is 4. The van der Waals surface area contributed by atoms with E-state index < -0.39 is 0 Å². The van der Waals surface area contributed by atoms with Crippen LogP contribution in [0.3, 0.4) is 0 Å². The maximum absolute atomic E-state index is 6.01. The third-order valence-corrected chi connectivity index (χ3v) is 3.92. The lowest BCUT2D eigenvalue weighted by atomic mass is 10.0. The van der Waals surface area contributed by atoms with E-state index in [1.165, 1.54) is 0 Å². The van der Waals surface area contributed by atoms with E-state index in [9.17, 15) is 0 Å². The van der Waals surface area contributed by atoms with Gasteiger partial charge in [-0.1, -0.05) is 52.5 Å². The Kier molecular flexibility index (Phi) is 3.89. The molecular formula is C13H8Cl4. The Morgan fingerprint density at radius 1 is 0.824 bits per heavy atom. The summed E-state index contributed by atoms with van der Waals surface area (Å²) in [5.74, 6) is 0. The molecule has 0 N–H and O–H groups in total. The molecule has 0 aromatic heterocycles. The summed E-state index contributed by atoms with van der Waals surface area (Å²) in [7, 11) is 0. The van der Waals surface area contributed by atoms with Gasteiger partial charge in [0.25, 0.3) is 0 Å². The Balaban J connectivity index is 2.61. The molecule has 0 atom stereocenters. The van der Waals surface area contributed by atoms with Crippen LogP contribution in [0.5, 0.6) is 0 Å². The zero-order chi connectivity index (χ0) is 12.6. The summed E-state index contributed by atoms with van der Waals surface area (Å²) in [5, 5.41) is 1.98. The smallest absolute Gasteiger partial charge is 0.0778 e. The van der Waals surface area contributed by atoms with Crippen LogP contribution in [0, 0.1) is 6.92 Å². The van der Waals surface area contributed by atoms with Crippen molar-refractivity contribution in [3.8, 4) is 11.1 Å². The van der Waals surface area contributed by atoms with Crippen LogP contribution >= 0.6 is 46.4 Å². The zero-order valence-corrected chi connectivity index (χ0v) is 11.9. The first-order valence-corrected chi connectivity index (χ1v) is 6.41. The highest BCUT2D eigenvalue weighted by Gasteiger charge is 2.09.